The zero-order valence-electron chi connectivity index (χ0n) is 11.4. The molecule has 1 heterocycles. The van der Waals surface area contributed by atoms with E-state index < -0.39 is 21.9 Å². The quantitative estimate of drug-likeness (QED) is 0.425. The van der Waals surface area contributed by atoms with Crippen LogP contribution in [0.25, 0.3) is 0 Å². The van der Waals surface area contributed by atoms with Crippen molar-refractivity contribution in [3.05, 3.63) is 37.1 Å². The first-order valence-electron chi connectivity index (χ1n) is 6.62. The standard InChI is InChI=1S/C12H19N3O5/c1-2-13-9-10(15(19)20)11(17)14(12(13)18)7-5-3-4-6-8-16/h9,16H,2-8H2,1H3. The van der Waals surface area contributed by atoms with Gasteiger partial charge in [0.2, 0.25) is 0 Å². The van der Waals surface area contributed by atoms with Crippen LogP contribution in [0.15, 0.2) is 15.8 Å². The Labute approximate surface area is 115 Å². The highest BCUT2D eigenvalue weighted by Crippen LogP contribution is 2.03. The summed E-state index contributed by atoms with van der Waals surface area (Å²) in [6.07, 6.45) is 3.78. The average Bonchev–Trinajstić information content (AvgIpc) is 2.41. The molecule has 1 aromatic heterocycles. The predicted octanol–water partition coefficient (Wildman–Crippen LogP) is 0.491. The lowest BCUT2D eigenvalue weighted by molar-refractivity contribution is -0.387. The molecule has 0 saturated heterocycles. The Morgan fingerprint density at radius 3 is 2.45 bits per heavy atom. The van der Waals surface area contributed by atoms with Crippen LogP contribution in [-0.2, 0) is 13.1 Å². The van der Waals surface area contributed by atoms with E-state index in [0.717, 1.165) is 28.2 Å². The van der Waals surface area contributed by atoms with Gasteiger partial charge in [-0.1, -0.05) is 12.8 Å². The van der Waals surface area contributed by atoms with Gasteiger partial charge in [0.1, 0.15) is 0 Å². The molecule has 0 spiro atoms. The normalized spacial score (nSPS) is 10.7. The largest absolute Gasteiger partial charge is 0.396 e. The highest BCUT2D eigenvalue weighted by atomic mass is 16.6. The van der Waals surface area contributed by atoms with Crippen molar-refractivity contribution in [3.63, 3.8) is 0 Å². The van der Waals surface area contributed by atoms with E-state index in [1.807, 2.05) is 0 Å². The van der Waals surface area contributed by atoms with Gasteiger partial charge in [0.25, 0.3) is 0 Å². The summed E-state index contributed by atoms with van der Waals surface area (Å²) < 4.78 is 2.08. The minimum Gasteiger partial charge on any atom is -0.396 e. The van der Waals surface area contributed by atoms with Crippen LogP contribution < -0.4 is 11.2 Å². The summed E-state index contributed by atoms with van der Waals surface area (Å²) in [4.78, 5) is 33.9. The van der Waals surface area contributed by atoms with E-state index in [2.05, 4.69) is 0 Å². The number of hydrogen-bond donors (Lipinski definition) is 1. The predicted molar refractivity (Wildman–Crippen MR) is 72.8 cm³/mol. The van der Waals surface area contributed by atoms with Gasteiger partial charge in [0.15, 0.2) is 0 Å². The molecule has 20 heavy (non-hydrogen) atoms. The van der Waals surface area contributed by atoms with Gasteiger partial charge in [0.05, 0.1) is 11.1 Å². The maximum atomic E-state index is 12.0. The smallest absolute Gasteiger partial charge is 0.350 e. The first-order chi connectivity index (χ1) is 9.52. The first kappa shape index (κ1) is 16.1. The first-order valence-corrected chi connectivity index (χ1v) is 6.62. The Morgan fingerprint density at radius 2 is 1.90 bits per heavy atom. The molecular formula is C12H19N3O5. The molecular weight excluding hydrogens is 266 g/mol. The monoisotopic (exact) mass is 285 g/mol. The van der Waals surface area contributed by atoms with Gasteiger partial charge >= 0.3 is 16.9 Å². The summed E-state index contributed by atoms with van der Waals surface area (Å²) in [5, 5.41) is 19.5. The SMILES string of the molecule is CCn1cc([N+](=O)[O-])c(=O)n(CCCCCCO)c1=O. The third-order valence-corrected chi connectivity index (χ3v) is 3.05. The van der Waals surface area contributed by atoms with Crippen molar-refractivity contribution in [1.29, 1.82) is 0 Å². The average molecular weight is 285 g/mol. The zero-order chi connectivity index (χ0) is 15.1. The number of aromatic nitrogens is 2. The van der Waals surface area contributed by atoms with Gasteiger partial charge in [0, 0.05) is 19.7 Å². The van der Waals surface area contributed by atoms with Crippen molar-refractivity contribution in [2.24, 2.45) is 0 Å². The molecule has 0 aromatic carbocycles. The molecule has 1 rings (SSSR count). The zero-order valence-corrected chi connectivity index (χ0v) is 11.4. The summed E-state index contributed by atoms with van der Waals surface area (Å²) in [5.41, 5.74) is -1.96. The minimum absolute atomic E-state index is 0.111. The van der Waals surface area contributed by atoms with Gasteiger partial charge in [-0.3, -0.25) is 24.0 Å². The van der Waals surface area contributed by atoms with Crippen LogP contribution in [0.2, 0.25) is 0 Å². The van der Waals surface area contributed by atoms with Crippen LogP contribution in [0.3, 0.4) is 0 Å². The number of nitrogens with zero attached hydrogens (tertiary/aromatic N) is 3. The third-order valence-electron chi connectivity index (χ3n) is 3.05. The van der Waals surface area contributed by atoms with Crippen LogP contribution >= 0.6 is 0 Å². The number of aryl methyl sites for hydroxylation is 1. The Kier molecular flexibility index (Phi) is 6.10. The number of rotatable bonds is 8. The van der Waals surface area contributed by atoms with Crippen LogP contribution in [0.4, 0.5) is 5.69 Å². The molecule has 112 valence electrons. The second-order valence-electron chi connectivity index (χ2n) is 4.43. The molecule has 0 amide bonds. The number of unbranched alkanes of at least 4 members (excludes halogenated alkanes) is 3. The van der Waals surface area contributed by atoms with Gasteiger partial charge in [-0.05, 0) is 19.8 Å². The molecule has 0 atom stereocenters. The summed E-state index contributed by atoms with van der Waals surface area (Å²) in [7, 11) is 0. The van der Waals surface area contributed by atoms with Crippen LogP contribution in [0.5, 0.6) is 0 Å². The Bertz CT molecular complexity index is 575. The van der Waals surface area contributed by atoms with E-state index in [9.17, 15) is 19.7 Å². The summed E-state index contributed by atoms with van der Waals surface area (Å²) >= 11 is 0. The van der Waals surface area contributed by atoms with Crippen LogP contribution in [-0.4, -0.2) is 25.8 Å². The Balaban J connectivity index is 2.99. The maximum absolute atomic E-state index is 12.0. The molecule has 0 fully saturated rings. The second-order valence-corrected chi connectivity index (χ2v) is 4.43. The molecule has 0 aliphatic carbocycles. The van der Waals surface area contributed by atoms with E-state index >= 15 is 0 Å². The number of aliphatic hydroxyl groups excluding tert-OH is 1. The van der Waals surface area contributed by atoms with E-state index in [4.69, 9.17) is 5.11 Å². The molecule has 0 aliphatic rings. The van der Waals surface area contributed by atoms with Crippen LogP contribution in [0.1, 0.15) is 32.6 Å². The fourth-order valence-electron chi connectivity index (χ4n) is 1.92. The summed E-state index contributed by atoms with van der Waals surface area (Å²) in [6, 6.07) is 0. The molecule has 0 unspecified atom stereocenters. The highest BCUT2D eigenvalue weighted by molar-refractivity contribution is 5.21. The van der Waals surface area contributed by atoms with E-state index in [1.54, 1.807) is 6.92 Å². The lowest BCUT2D eigenvalue weighted by atomic mass is 10.2. The molecule has 1 aromatic rings. The minimum atomic E-state index is -0.855. The topological polar surface area (TPSA) is 107 Å². The second kappa shape index (κ2) is 7.59. The van der Waals surface area contributed by atoms with E-state index in [0.29, 0.717) is 12.8 Å². The van der Waals surface area contributed by atoms with E-state index in [1.165, 1.54) is 0 Å². The van der Waals surface area contributed by atoms with Gasteiger partial charge in [-0.25, -0.2) is 4.79 Å². The number of aliphatic hydroxyl groups is 1. The molecule has 8 nitrogen and oxygen atoms in total. The van der Waals surface area contributed by atoms with Gasteiger partial charge < -0.3 is 5.11 Å². The van der Waals surface area contributed by atoms with Crippen molar-refractivity contribution in [3.8, 4) is 0 Å². The number of hydrogen-bond acceptors (Lipinski definition) is 5. The Hall–Kier alpha value is -1.96. The lowest BCUT2D eigenvalue weighted by Gasteiger charge is -2.08. The summed E-state index contributed by atoms with van der Waals surface area (Å²) in [5.74, 6) is 0. The van der Waals surface area contributed by atoms with Crippen molar-refractivity contribution >= 4 is 5.69 Å². The van der Waals surface area contributed by atoms with Crippen molar-refractivity contribution in [1.82, 2.24) is 9.13 Å². The molecule has 8 heteroatoms. The molecule has 1 N–H and O–H groups in total. The lowest BCUT2D eigenvalue weighted by Crippen LogP contribution is -2.40. The molecule has 0 radical (unpaired) electrons. The maximum Gasteiger partial charge on any atom is 0.350 e. The fraction of sp³-hybridized carbons (Fsp3) is 0.667. The summed E-state index contributed by atoms with van der Waals surface area (Å²) in [6.45, 7) is 2.22. The van der Waals surface area contributed by atoms with Crippen molar-refractivity contribution in [2.45, 2.75) is 45.7 Å². The Morgan fingerprint density at radius 1 is 1.25 bits per heavy atom. The highest BCUT2D eigenvalue weighted by Gasteiger charge is 2.18. The fourth-order valence-corrected chi connectivity index (χ4v) is 1.92. The van der Waals surface area contributed by atoms with E-state index in [-0.39, 0.29) is 19.7 Å². The van der Waals surface area contributed by atoms with Crippen LogP contribution in [0, 0.1) is 10.1 Å². The van der Waals surface area contributed by atoms with Crippen molar-refractivity contribution < 1.29 is 10.0 Å². The molecule has 0 aliphatic heterocycles. The number of nitro groups is 1. The molecule has 0 saturated carbocycles. The van der Waals surface area contributed by atoms with Crippen molar-refractivity contribution in [2.75, 3.05) is 6.61 Å². The van der Waals surface area contributed by atoms with Gasteiger partial charge in [-0.15, -0.1) is 0 Å². The third kappa shape index (κ3) is 3.77. The van der Waals surface area contributed by atoms with Gasteiger partial charge in [-0.2, -0.15) is 0 Å². The molecule has 0 bridgehead atoms.